The van der Waals surface area contributed by atoms with Crippen molar-refractivity contribution in [3.05, 3.63) is 0 Å². The molecule has 2 N–H and O–H groups in total. The third kappa shape index (κ3) is 7.51. The van der Waals surface area contributed by atoms with Gasteiger partial charge >= 0.3 is 28.4 Å². The van der Waals surface area contributed by atoms with Crippen molar-refractivity contribution in [2.24, 2.45) is 17.1 Å². The Morgan fingerprint density at radius 2 is 1.74 bits per heavy atom. The van der Waals surface area contributed by atoms with E-state index >= 15 is 0 Å². The highest BCUT2D eigenvalue weighted by atomic mass is 32.3. The van der Waals surface area contributed by atoms with Crippen LogP contribution in [0.3, 0.4) is 0 Å². The molecule has 0 unspecified atom stereocenters. The van der Waals surface area contributed by atoms with Gasteiger partial charge in [-0.3, -0.25) is 14.4 Å². The molecular formula is C21H35N3O10S. The van der Waals surface area contributed by atoms with Gasteiger partial charge in [0.05, 0.1) is 37.7 Å². The van der Waals surface area contributed by atoms with Crippen molar-refractivity contribution in [1.29, 1.82) is 0 Å². The van der Waals surface area contributed by atoms with Crippen LogP contribution in [0.15, 0.2) is 0 Å². The molecule has 2 aliphatic heterocycles. The first-order chi connectivity index (χ1) is 16.3. The van der Waals surface area contributed by atoms with Gasteiger partial charge in [-0.2, -0.15) is 13.5 Å². The predicted octanol–water partition coefficient (Wildman–Crippen LogP) is 0.872. The standard InChI is InChI=1S/C14H23N3O8S.C7H12O2/c1-4-23-12(19)14(2,3)8-24-26(21,22)25-17-9-5-6-10(11(15)18)16(7-9)13(17)20;1-9-7(8)6-4-2-3-5-6/h9-10H,4-8H2,1-3H3,(H2,15,18);6H,2-5H2,1H3/t9-,10+;/m1./s1. The van der Waals surface area contributed by atoms with Crippen LogP contribution in [0.1, 0.15) is 59.3 Å². The van der Waals surface area contributed by atoms with Crippen LogP contribution in [-0.2, 0) is 42.7 Å². The van der Waals surface area contributed by atoms with E-state index in [-0.39, 0.29) is 25.0 Å². The number of hydrogen-bond acceptors (Lipinski definition) is 10. The van der Waals surface area contributed by atoms with Crippen LogP contribution in [-0.4, -0.2) is 81.2 Å². The Morgan fingerprint density at radius 3 is 2.29 bits per heavy atom. The Morgan fingerprint density at radius 1 is 1.11 bits per heavy atom. The average molecular weight is 522 g/mol. The summed E-state index contributed by atoms with van der Waals surface area (Å²) >= 11 is 0. The van der Waals surface area contributed by atoms with Gasteiger partial charge in [-0.05, 0) is 46.5 Å². The van der Waals surface area contributed by atoms with Gasteiger partial charge < -0.3 is 20.1 Å². The van der Waals surface area contributed by atoms with E-state index in [2.05, 4.69) is 4.74 Å². The number of primary amides is 1. The van der Waals surface area contributed by atoms with Gasteiger partial charge in [0, 0.05) is 6.54 Å². The van der Waals surface area contributed by atoms with Gasteiger partial charge in [0.25, 0.3) is 0 Å². The summed E-state index contributed by atoms with van der Waals surface area (Å²) in [5.74, 6) is -1.09. The number of piperidine rings is 1. The van der Waals surface area contributed by atoms with Gasteiger partial charge in [0.2, 0.25) is 5.91 Å². The number of ether oxygens (including phenoxy) is 2. The Bertz CT molecular complexity index is 901. The second-order valence-electron chi connectivity index (χ2n) is 9.26. The van der Waals surface area contributed by atoms with E-state index in [4.69, 9.17) is 18.9 Å². The van der Waals surface area contributed by atoms with E-state index in [1.165, 1.54) is 38.7 Å². The molecule has 0 radical (unpaired) electrons. The minimum absolute atomic E-state index is 0.0208. The molecule has 3 fully saturated rings. The van der Waals surface area contributed by atoms with E-state index in [1.54, 1.807) is 6.92 Å². The zero-order valence-corrected chi connectivity index (χ0v) is 21.4. The fraction of sp³-hybridized carbons (Fsp3) is 0.810. The average Bonchev–Trinajstić information content (AvgIpc) is 3.42. The lowest BCUT2D eigenvalue weighted by atomic mass is 9.95. The van der Waals surface area contributed by atoms with Crippen LogP contribution in [0, 0.1) is 11.3 Å². The quantitative estimate of drug-likeness (QED) is 0.429. The van der Waals surface area contributed by atoms with Gasteiger partial charge in [-0.1, -0.05) is 12.8 Å². The number of nitrogens with two attached hydrogens (primary N) is 1. The summed E-state index contributed by atoms with van der Waals surface area (Å²) in [5.41, 5.74) is 4.03. The smallest absolute Gasteiger partial charge is 0.421 e. The number of amides is 3. The molecular weight excluding hydrogens is 486 g/mol. The van der Waals surface area contributed by atoms with E-state index in [0.29, 0.717) is 17.9 Å². The van der Waals surface area contributed by atoms with Crippen molar-refractivity contribution in [3.63, 3.8) is 0 Å². The summed E-state index contributed by atoms with van der Waals surface area (Å²) in [7, 11) is -3.14. The van der Waals surface area contributed by atoms with Gasteiger partial charge in [-0.15, -0.1) is 4.28 Å². The maximum Gasteiger partial charge on any atom is 0.421 e. The topological polar surface area (TPSA) is 172 Å². The molecule has 1 aliphatic carbocycles. The number of hydrogen-bond donors (Lipinski definition) is 1. The summed E-state index contributed by atoms with van der Waals surface area (Å²) in [6, 6.07) is -2.10. The Hall–Kier alpha value is -2.45. The molecule has 2 saturated heterocycles. The van der Waals surface area contributed by atoms with Crippen LogP contribution in [0.2, 0.25) is 0 Å². The first kappa shape index (κ1) is 28.8. The highest BCUT2D eigenvalue weighted by molar-refractivity contribution is 7.81. The number of fused-ring (bicyclic) bond motifs is 2. The van der Waals surface area contributed by atoms with Crippen molar-refractivity contribution in [3.8, 4) is 0 Å². The lowest BCUT2D eigenvalue weighted by Gasteiger charge is -2.27. The molecule has 0 aromatic carbocycles. The summed E-state index contributed by atoms with van der Waals surface area (Å²) < 4.78 is 43.1. The van der Waals surface area contributed by atoms with Crippen molar-refractivity contribution in [1.82, 2.24) is 9.96 Å². The number of hydroxylamine groups is 2. The molecule has 1 saturated carbocycles. The third-order valence-electron chi connectivity index (χ3n) is 6.10. The molecule has 0 aromatic heterocycles. The van der Waals surface area contributed by atoms with Gasteiger partial charge in [-0.25, -0.2) is 8.98 Å². The molecule has 3 amide bonds. The second kappa shape index (κ2) is 12.0. The fourth-order valence-corrected chi connectivity index (χ4v) is 4.94. The Labute approximate surface area is 205 Å². The van der Waals surface area contributed by atoms with Crippen molar-refractivity contribution in [2.75, 3.05) is 26.9 Å². The second-order valence-corrected chi connectivity index (χ2v) is 10.5. The molecule has 3 aliphatic rings. The third-order valence-corrected chi connectivity index (χ3v) is 6.85. The maximum absolute atomic E-state index is 12.3. The summed E-state index contributed by atoms with van der Waals surface area (Å²) in [6.07, 6.45) is 5.14. The summed E-state index contributed by atoms with van der Waals surface area (Å²) in [4.78, 5) is 47.4. The molecule has 35 heavy (non-hydrogen) atoms. The Kier molecular flexibility index (Phi) is 9.86. The van der Waals surface area contributed by atoms with Crippen LogP contribution in [0.25, 0.3) is 0 Å². The molecule has 2 atom stereocenters. The predicted molar refractivity (Wildman–Crippen MR) is 120 cm³/mol. The fourth-order valence-electron chi connectivity index (χ4n) is 4.08. The minimum atomic E-state index is -4.60. The minimum Gasteiger partial charge on any atom is -0.469 e. The highest BCUT2D eigenvalue weighted by Gasteiger charge is 2.49. The van der Waals surface area contributed by atoms with Crippen molar-refractivity contribution < 1.29 is 45.5 Å². The molecule has 0 spiro atoms. The van der Waals surface area contributed by atoms with Crippen molar-refractivity contribution in [2.45, 2.75) is 71.4 Å². The highest BCUT2D eigenvalue weighted by Crippen LogP contribution is 2.31. The monoisotopic (exact) mass is 521 g/mol. The lowest BCUT2D eigenvalue weighted by Crippen LogP contribution is -2.47. The lowest BCUT2D eigenvalue weighted by molar-refractivity contribution is -0.155. The number of urea groups is 1. The molecule has 3 rings (SSSR count). The van der Waals surface area contributed by atoms with Crippen LogP contribution < -0.4 is 5.73 Å². The maximum atomic E-state index is 12.3. The van der Waals surface area contributed by atoms with E-state index < -0.39 is 52.4 Å². The Balaban J connectivity index is 0.000000402. The zero-order chi connectivity index (χ0) is 26.4. The van der Waals surface area contributed by atoms with Gasteiger partial charge in [0.1, 0.15) is 6.04 Å². The van der Waals surface area contributed by atoms with E-state index in [9.17, 15) is 27.6 Å². The number of esters is 2. The first-order valence-corrected chi connectivity index (χ1v) is 12.9. The molecule has 13 nitrogen and oxygen atoms in total. The molecule has 2 bridgehead atoms. The van der Waals surface area contributed by atoms with E-state index in [0.717, 1.165) is 12.8 Å². The molecule has 2 heterocycles. The zero-order valence-electron chi connectivity index (χ0n) is 20.6. The summed E-state index contributed by atoms with van der Waals surface area (Å²) in [5, 5.41) is 0.676. The number of methoxy groups -OCH3 is 1. The summed E-state index contributed by atoms with van der Waals surface area (Å²) in [6.45, 7) is 4.30. The molecule has 200 valence electrons. The number of nitrogens with zero attached hydrogens (tertiary/aromatic N) is 2. The largest absolute Gasteiger partial charge is 0.469 e. The molecule has 14 heteroatoms. The normalized spacial score (nSPS) is 22.5. The number of carbonyl (C=O) groups is 4. The number of carbonyl (C=O) groups excluding carboxylic acids is 4. The van der Waals surface area contributed by atoms with Crippen LogP contribution in [0.5, 0.6) is 0 Å². The van der Waals surface area contributed by atoms with E-state index in [1.807, 2.05) is 0 Å². The first-order valence-electron chi connectivity index (χ1n) is 11.6. The van der Waals surface area contributed by atoms with Crippen molar-refractivity contribution >= 4 is 34.3 Å². The van der Waals surface area contributed by atoms with Crippen LogP contribution >= 0.6 is 0 Å². The van der Waals surface area contributed by atoms with Crippen LogP contribution in [0.4, 0.5) is 4.79 Å². The van der Waals surface area contributed by atoms with Gasteiger partial charge in [0.15, 0.2) is 0 Å². The SMILES string of the molecule is CCOC(=O)C(C)(C)COS(=O)(=O)ON1C(=O)N2C[C@H]1CC[C@H]2C(N)=O.COC(=O)C1CCCC1. The molecule has 0 aromatic rings. The number of rotatable bonds is 9.